The van der Waals surface area contributed by atoms with Crippen LogP contribution in [0, 0.1) is 0 Å². The Hall–Kier alpha value is -2.24. The van der Waals surface area contributed by atoms with Crippen LogP contribution in [-0.4, -0.2) is 31.0 Å². The number of nitrogens with zero attached hydrogens (tertiary/aromatic N) is 1. The Morgan fingerprint density at radius 3 is 2.81 bits per heavy atom. The van der Waals surface area contributed by atoms with Crippen LogP contribution in [0.1, 0.15) is 26.7 Å². The Balaban J connectivity index is 2.13. The predicted octanol–water partition coefficient (Wildman–Crippen LogP) is 1.30. The zero-order valence-corrected chi connectivity index (χ0v) is 12.4. The molecule has 6 heteroatoms. The van der Waals surface area contributed by atoms with Gasteiger partial charge in [-0.05, 0) is 25.0 Å². The van der Waals surface area contributed by atoms with E-state index in [1.165, 1.54) is 4.90 Å². The third kappa shape index (κ3) is 3.45. The third-order valence-corrected chi connectivity index (χ3v) is 3.58. The highest BCUT2D eigenvalue weighted by molar-refractivity contribution is 6.02. The molecule has 1 aromatic rings. The molecule has 21 heavy (non-hydrogen) atoms. The molecule has 2 amide bonds. The molecule has 6 nitrogen and oxygen atoms in total. The first-order valence-corrected chi connectivity index (χ1v) is 7.17. The van der Waals surface area contributed by atoms with Gasteiger partial charge in [-0.25, -0.2) is 0 Å². The lowest BCUT2D eigenvalue weighted by Gasteiger charge is -2.29. The molecule has 0 unspecified atom stereocenters. The molecule has 0 atom stereocenters. The van der Waals surface area contributed by atoms with Gasteiger partial charge in [0.1, 0.15) is 12.3 Å². The Bertz CT molecular complexity index is 541. The lowest BCUT2D eigenvalue weighted by Crippen LogP contribution is -2.47. The average molecular weight is 291 g/mol. The molecule has 1 aliphatic rings. The van der Waals surface area contributed by atoms with Crippen molar-refractivity contribution in [2.24, 2.45) is 0 Å². The van der Waals surface area contributed by atoms with Crippen molar-refractivity contribution in [2.75, 3.05) is 23.8 Å². The second-order valence-electron chi connectivity index (χ2n) is 5.08. The Morgan fingerprint density at radius 1 is 1.43 bits per heavy atom. The number of rotatable bonds is 5. The van der Waals surface area contributed by atoms with Gasteiger partial charge < -0.3 is 15.8 Å². The maximum Gasteiger partial charge on any atom is 0.265 e. The molecule has 0 radical (unpaired) electrons. The lowest BCUT2D eigenvalue weighted by atomic mass is 10.1. The maximum absolute atomic E-state index is 12.1. The van der Waals surface area contributed by atoms with Crippen molar-refractivity contribution in [3.05, 3.63) is 18.2 Å². The summed E-state index contributed by atoms with van der Waals surface area (Å²) in [5.41, 5.74) is 6.85. The highest BCUT2D eigenvalue weighted by Crippen LogP contribution is 2.33. The van der Waals surface area contributed by atoms with Crippen LogP contribution in [0.4, 0.5) is 11.4 Å². The molecule has 114 valence electrons. The van der Waals surface area contributed by atoms with Gasteiger partial charge >= 0.3 is 0 Å². The summed E-state index contributed by atoms with van der Waals surface area (Å²) in [6, 6.07) is 5.19. The zero-order chi connectivity index (χ0) is 15.4. The normalized spacial score (nSPS) is 13.9. The van der Waals surface area contributed by atoms with Gasteiger partial charge in [0.05, 0.1) is 5.69 Å². The number of hydrogen-bond acceptors (Lipinski definition) is 4. The minimum atomic E-state index is -0.230. The summed E-state index contributed by atoms with van der Waals surface area (Å²) < 4.78 is 5.35. The number of anilines is 2. The Morgan fingerprint density at radius 2 is 2.14 bits per heavy atom. The summed E-state index contributed by atoms with van der Waals surface area (Å²) in [7, 11) is 0. The zero-order valence-electron chi connectivity index (χ0n) is 12.4. The number of nitrogen functional groups attached to an aromatic ring is 1. The van der Waals surface area contributed by atoms with Crippen LogP contribution < -0.4 is 20.7 Å². The summed E-state index contributed by atoms with van der Waals surface area (Å²) >= 11 is 0. The number of fused-ring (bicyclic) bond motifs is 1. The molecule has 1 aliphatic heterocycles. The van der Waals surface area contributed by atoms with Crippen molar-refractivity contribution in [3.63, 3.8) is 0 Å². The molecule has 0 aliphatic carbocycles. The van der Waals surface area contributed by atoms with Gasteiger partial charge in [-0.1, -0.05) is 13.8 Å². The van der Waals surface area contributed by atoms with E-state index in [2.05, 4.69) is 5.32 Å². The number of carbonyl (C=O) groups is 2. The maximum atomic E-state index is 12.1. The van der Waals surface area contributed by atoms with E-state index in [1.54, 1.807) is 18.2 Å². The molecule has 1 aromatic carbocycles. The number of hydrogen-bond donors (Lipinski definition) is 2. The third-order valence-electron chi connectivity index (χ3n) is 3.58. The highest BCUT2D eigenvalue weighted by atomic mass is 16.5. The van der Waals surface area contributed by atoms with Crippen molar-refractivity contribution in [1.29, 1.82) is 0 Å². The van der Waals surface area contributed by atoms with E-state index in [0.717, 1.165) is 12.8 Å². The van der Waals surface area contributed by atoms with E-state index in [0.29, 0.717) is 17.1 Å². The molecular formula is C15H21N3O3. The van der Waals surface area contributed by atoms with E-state index >= 15 is 0 Å². The van der Waals surface area contributed by atoms with Crippen molar-refractivity contribution < 1.29 is 14.3 Å². The number of ether oxygens (including phenoxy) is 1. The smallest absolute Gasteiger partial charge is 0.265 e. The van der Waals surface area contributed by atoms with E-state index in [1.807, 2.05) is 13.8 Å². The largest absolute Gasteiger partial charge is 0.481 e. The Kier molecular flexibility index (Phi) is 4.67. The first-order chi connectivity index (χ1) is 10.0. The van der Waals surface area contributed by atoms with Gasteiger partial charge in [0.15, 0.2) is 6.61 Å². The van der Waals surface area contributed by atoms with Gasteiger partial charge in [-0.2, -0.15) is 0 Å². The number of benzene rings is 1. The lowest BCUT2D eigenvalue weighted by molar-refractivity contribution is -0.125. The summed E-state index contributed by atoms with van der Waals surface area (Å²) in [5.74, 6) is 0.138. The van der Waals surface area contributed by atoms with Gasteiger partial charge in [-0.3, -0.25) is 14.5 Å². The van der Waals surface area contributed by atoms with Crippen molar-refractivity contribution in [2.45, 2.75) is 32.7 Å². The van der Waals surface area contributed by atoms with Gasteiger partial charge in [0.2, 0.25) is 5.91 Å². The van der Waals surface area contributed by atoms with Crippen LogP contribution in [0.3, 0.4) is 0 Å². The minimum Gasteiger partial charge on any atom is -0.481 e. The van der Waals surface area contributed by atoms with Crippen molar-refractivity contribution in [1.82, 2.24) is 5.32 Å². The van der Waals surface area contributed by atoms with Gasteiger partial charge in [0, 0.05) is 17.8 Å². The summed E-state index contributed by atoms with van der Waals surface area (Å²) in [6.07, 6.45) is 1.73. The predicted molar refractivity (Wildman–Crippen MR) is 81.2 cm³/mol. The number of carbonyl (C=O) groups excluding carboxylic acids is 2. The minimum absolute atomic E-state index is 0.00435. The fourth-order valence-corrected chi connectivity index (χ4v) is 2.30. The summed E-state index contributed by atoms with van der Waals surface area (Å²) in [5, 5.41) is 2.93. The number of nitrogens with two attached hydrogens (primary N) is 1. The van der Waals surface area contributed by atoms with Gasteiger partial charge in [0.25, 0.3) is 5.91 Å². The molecule has 3 N–H and O–H groups in total. The molecule has 0 aromatic heterocycles. The molecule has 0 spiro atoms. The van der Waals surface area contributed by atoms with Crippen LogP contribution in [0.2, 0.25) is 0 Å². The first-order valence-electron chi connectivity index (χ1n) is 7.17. The average Bonchev–Trinajstić information content (AvgIpc) is 2.47. The quantitative estimate of drug-likeness (QED) is 0.801. The van der Waals surface area contributed by atoms with E-state index in [-0.39, 0.29) is 31.0 Å². The van der Waals surface area contributed by atoms with E-state index < -0.39 is 0 Å². The van der Waals surface area contributed by atoms with Crippen LogP contribution in [0.25, 0.3) is 0 Å². The van der Waals surface area contributed by atoms with Crippen LogP contribution in [0.15, 0.2) is 18.2 Å². The van der Waals surface area contributed by atoms with Gasteiger partial charge in [-0.15, -0.1) is 0 Å². The molecular weight excluding hydrogens is 270 g/mol. The Labute approximate surface area is 124 Å². The monoisotopic (exact) mass is 291 g/mol. The molecule has 2 rings (SSSR count). The molecule has 0 saturated carbocycles. The van der Waals surface area contributed by atoms with E-state index in [9.17, 15) is 9.59 Å². The fourth-order valence-electron chi connectivity index (χ4n) is 2.30. The van der Waals surface area contributed by atoms with E-state index in [4.69, 9.17) is 10.5 Å². The first kappa shape index (κ1) is 15.2. The van der Waals surface area contributed by atoms with Crippen LogP contribution >= 0.6 is 0 Å². The number of nitrogens with one attached hydrogen (secondary N) is 1. The molecule has 1 heterocycles. The number of amides is 2. The van der Waals surface area contributed by atoms with Crippen molar-refractivity contribution >= 4 is 23.2 Å². The topological polar surface area (TPSA) is 84.7 Å². The fraction of sp³-hybridized carbons (Fsp3) is 0.467. The second-order valence-corrected chi connectivity index (χ2v) is 5.08. The second kappa shape index (κ2) is 6.47. The molecule has 0 fully saturated rings. The summed E-state index contributed by atoms with van der Waals surface area (Å²) in [6.45, 7) is 3.96. The summed E-state index contributed by atoms with van der Waals surface area (Å²) in [4.78, 5) is 25.5. The van der Waals surface area contributed by atoms with Crippen LogP contribution in [-0.2, 0) is 9.59 Å². The molecule has 0 saturated heterocycles. The standard InChI is InChI=1S/C15H21N3O3/c1-3-11(4-2)17-14(19)8-18-12-6-5-10(16)7-13(12)21-9-15(18)20/h5-7,11H,3-4,8-9,16H2,1-2H3,(H,17,19). The SMILES string of the molecule is CCC(CC)NC(=O)CN1C(=O)COc2cc(N)ccc21. The van der Waals surface area contributed by atoms with Crippen molar-refractivity contribution in [3.8, 4) is 5.75 Å². The van der Waals surface area contributed by atoms with Crippen LogP contribution in [0.5, 0.6) is 5.75 Å². The molecule has 0 bridgehead atoms. The highest BCUT2D eigenvalue weighted by Gasteiger charge is 2.27.